The molecule has 0 aliphatic carbocycles. The van der Waals surface area contributed by atoms with Crippen LogP contribution in [-0.4, -0.2) is 17.1 Å². The number of carboxylic acid groups (broad SMARTS) is 1. The van der Waals surface area contributed by atoms with E-state index in [9.17, 15) is 4.79 Å². The Labute approximate surface area is 95.5 Å². The smallest absolute Gasteiger partial charge is 0.303 e. The second kappa shape index (κ2) is 4.16. The summed E-state index contributed by atoms with van der Waals surface area (Å²) in [5, 5.41) is 12.2. The summed E-state index contributed by atoms with van der Waals surface area (Å²) in [6.45, 7) is 4.07. The van der Waals surface area contributed by atoms with E-state index in [2.05, 4.69) is 30.4 Å². The Balaban J connectivity index is 2.07. The van der Waals surface area contributed by atoms with E-state index in [1.54, 1.807) is 0 Å². The van der Waals surface area contributed by atoms with Crippen molar-refractivity contribution in [2.45, 2.75) is 32.7 Å². The summed E-state index contributed by atoms with van der Waals surface area (Å²) < 4.78 is 0. The van der Waals surface area contributed by atoms with Crippen LogP contribution in [0, 0.1) is 12.8 Å². The van der Waals surface area contributed by atoms with Crippen LogP contribution in [0.15, 0.2) is 18.2 Å². The van der Waals surface area contributed by atoms with Gasteiger partial charge in [0.2, 0.25) is 0 Å². The van der Waals surface area contributed by atoms with Crippen molar-refractivity contribution in [2.75, 3.05) is 5.32 Å². The number of hydrogen-bond donors (Lipinski definition) is 2. The number of nitrogens with one attached hydrogen (secondary N) is 1. The molecule has 3 heteroatoms. The fraction of sp³-hybridized carbons (Fsp3) is 0.462. The molecule has 0 bridgehead atoms. The van der Waals surface area contributed by atoms with Crippen molar-refractivity contribution in [2.24, 2.45) is 5.92 Å². The normalized spacial score (nSPS) is 20.0. The van der Waals surface area contributed by atoms with Crippen LogP contribution in [-0.2, 0) is 11.2 Å². The molecule has 2 rings (SSSR count). The molecule has 1 aromatic rings. The molecule has 2 N–H and O–H groups in total. The van der Waals surface area contributed by atoms with Gasteiger partial charge in [0, 0.05) is 18.2 Å². The number of fused-ring (bicyclic) bond motifs is 1. The monoisotopic (exact) mass is 219 g/mol. The molecule has 1 aliphatic rings. The Bertz CT molecular complexity index is 414. The third kappa shape index (κ3) is 2.18. The van der Waals surface area contributed by atoms with Crippen LogP contribution in [0.4, 0.5) is 5.69 Å². The Morgan fingerprint density at radius 2 is 2.38 bits per heavy atom. The molecule has 1 heterocycles. The number of anilines is 1. The van der Waals surface area contributed by atoms with E-state index in [0.717, 1.165) is 12.1 Å². The maximum Gasteiger partial charge on any atom is 0.303 e. The Morgan fingerprint density at radius 1 is 1.62 bits per heavy atom. The van der Waals surface area contributed by atoms with Gasteiger partial charge in [-0.15, -0.1) is 0 Å². The highest BCUT2D eigenvalue weighted by Crippen LogP contribution is 2.30. The van der Waals surface area contributed by atoms with Crippen LogP contribution in [0.5, 0.6) is 0 Å². The van der Waals surface area contributed by atoms with E-state index >= 15 is 0 Å². The summed E-state index contributed by atoms with van der Waals surface area (Å²) in [4.78, 5) is 10.7. The van der Waals surface area contributed by atoms with Gasteiger partial charge in [-0.1, -0.05) is 24.6 Å². The van der Waals surface area contributed by atoms with Crippen LogP contribution in [0.3, 0.4) is 0 Å². The first kappa shape index (κ1) is 11.0. The number of aliphatic carboxylic acids is 1. The second-order valence-electron chi connectivity index (χ2n) is 4.69. The first-order valence-electron chi connectivity index (χ1n) is 5.64. The van der Waals surface area contributed by atoms with Gasteiger partial charge in [0.25, 0.3) is 0 Å². The largest absolute Gasteiger partial charge is 0.481 e. The molecule has 0 radical (unpaired) electrons. The standard InChI is InChI=1S/C13H17NO2/c1-8-3-4-11-10(5-8)7-12(14-11)9(2)6-13(15)16/h3-5,9,12,14H,6-7H2,1-2H3,(H,15,16). The third-order valence-corrected chi connectivity index (χ3v) is 3.22. The van der Waals surface area contributed by atoms with Gasteiger partial charge >= 0.3 is 5.97 Å². The van der Waals surface area contributed by atoms with E-state index in [0.29, 0.717) is 0 Å². The van der Waals surface area contributed by atoms with Crippen LogP contribution in [0.2, 0.25) is 0 Å². The van der Waals surface area contributed by atoms with Gasteiger partial charge in [-0.2, -0.15) is 0 Å². The number of carboxylic acids is 1. The fourth-order valence-electron chi connectivity index (χ4n) is 2.28. The maximum absolute atomic E-state index is 10.7. The third-order valence-electron chi connectivity index (χ3n) is 3.22. The van der Waals surface area contributed by atoms with Gasteiger partial charge in [-0.25, -0.2) is 0 Å². The molecule has 0 saturated heterocycles. The molecular weight excluding hydrogens is 202 g/mol. The van der Waals surface area contributed by atoms with Crippen molar-refractivity contribution < 1.29 is 9.90 Å². The number of rotatable bonds is 3. The highest BCUT2D eigenvalue weighted by Gasteiger charge is 2.26. The van der Waals surface area contributed by atoms with Gasteiger partial charge in [0.05, 0.1) is 0 Å². The Hall–Kier alpha value is -1.51. The zero-order chi connectivity index (χ0) is 11.7. The quantitative estimate of drug-likeness (QED) is 0.821. The Kier molecular flexibility index (Phi) is 2.86. The van der Waals surface area contributed by atoms with E-state index < -0.39 is 5.97 Å². The molecular formula is C13H17NO2. The van der Waals surface area contributed by atoms with Crippen molar-refractivity contribution in [3.05, 3.63) is 29.3 Å². The lowest BCUT2D eigenvalue weighted by atomic mass is 9.95. The summed E-state index contributed by atoms with van der Waals surface area (Å²) in [6, 6.07) is 6.59. The zero-order valence-corrected chi connectivity index (χ0v) is 9.66. The van der Waals surface area contributed by atoms with Crippen LogP contribution < -0.4 is 5.32 Å². The molecule has 1 aromatic carbocycles. The zero-order valence-electron chi connectivity index (χ0n) is 9.66. The summed E-state index contributed by atoms with van der Waals surface area (Å²) in [6.07, 6.45) is 1.16. The predicted octanol–water partition coefficient (Wildman–Crippen LogP) is 2.44. The average molecular weight is 219 g/mol. The van der Waals surface area contributed by atoms with E-state index in [1.165, 1.54) is 11.1 Å². The highest BCUT2D eigenvalue weighted by atomic mass is 16.4. The molecule has 2 atom stereocenters. The summed E-state index contributed by atoms with van der Waals surface area (Å²) in [5.74, 6) is -0.563. The highest BCUT2D eigenvalue weighted by molar-refractivity contribution is 5.67. The van der Waals surface area contributed by atoms with Crippen molar-refractivity contribution >= 4 is 11.7 Å². The van der Waals surface area contributed by atoms with Crippen LogP contribution >= 0.6 is 0 Å². The van der Waals surface area contributed by atoms with Crippen molar-refractivity contribution in [1.29, 1.82) is 0 Å². The average Bonchev–Trinajstić information content (AvgIpc) is 2.59. The van der Waals surface area contributed by atoms with Crippen LogP contribution in [0.1, 0.15) is 24.5 Å². The van der Waals surface area contributed by atoms with E-state index in [4.69, 9.17) is 5.11 Å². The second-order valence-corrected chi connectivity index (χ2v) is 4.69. The molecule has 0 aromatic heterocycles. The molecule has 3 nitrogen and oxygen atoms in total. The van der Waals surface area contributed by atoms with Crippen molar-refractivity contribution in [3.8, 4) is 0 Å². The molecule has 2 unspecified atom stereocenters. The van der Waals surface area contributed by atoms with Crippen molar-refractivity contribution in [3.63, 3.8) is 0 Å². The van der Waals surface area contributed by atoms with Gasteiger partial charge < -0.3 is 10.4 Å². The minimum atomic E-state index is -0.721. The number of aryl methyl sites for hydroxylation is 1. The van der Waals surface area contributed by atoms with E-state index in [1.807, 2.05) is 6.92 Å². The molecule has 16 heavy (non-hydrogen) atoms. The number of carbonyl (C=O) groups is 1. The van der Waals surface area contributed by atoms with Crippen molar-refractivity contribution in [1.82, 2.24) is 0 Å². The Morgan fingerprint density at radius 3 is 3.06 bits per heavy atom. The molecule has 0 spiro atoms. The lowest BCUT2D eigenvalue weighted by molar-refractivity contribution is -0.138. The minimum Gasteiger partial charge on any atom is -0.481 e. The lowest BCUT2D eigenvalue weighted by Gasteiger charge is -2.17. The first-order valence-corrected chi connectivity index (χ1v) is 5.64. The molecule has 0 amide bonds. The van der Waals surface area contributed by atoms with Gasteiger partial charge in [0.1, 0.15) is 0 Å². The molecule has 86 valence electrons. The van der Waals surface area contributed by atoms with Crippen LogP contribution in [0.25, 0.3) is 0 Å². The molecule has 0 fully saturated rings. The van der Waals surface area contributed by atoms with Gasteiger partial charge in [-0.3, -0.25) is 4.79 Å². The summed E-state index contributed by atoms with van der Waals surface area (Å²) >= 11 is 0. The fourth-order valence-corrected chi connectivity index (χ4v) is 2.28. The topological polar surface area (TPSA) is 49.3 Å². The SMILES string of the molecule is Cc1ccc2c(c1)CC(C(C)CC(=O)O)N2. The van der Waals surface area contributed by atoms with Gasteiger partial charge in [-0.05, 0) is 30.9 Å². The summed E-state index contributed by atoms with van der Waals surface area (Å²) in [7, 11) is 0. The minimum absolute atomic E-state index is 0.158. The number of benzene rings is 1. The molecule has 0 saturated carbocycles. The van der Waals surface area contributed by atoms with Gasteiger partial charge in [0.15, 0.2) is 0 Å². The number of hydrogen-bond acceptors (Lipinski definition) is 2. The lowest BCUT2D eigenvalue weighted by Crippen LogP contribution is -2.26. The first-order chi connectivity index (χ1) is 7.56. The predicted molar refractivity (Wildman–Crippen MR) is 63.7 cm³/mol. The summed E-state index contributed by atoms with van der Waals surface area (Å²) in [5.41, 5.74) is 3.72. The van der Waals surface area contributed by atoms with E-state index in [-0.39, 0.29) is 18.4 Å². The maximum atomic E-state index is 10.7. The molecule has 1 aliphatic heterocycles.